The van der Waals surface area contributed by atoms with E-state index in [0.29, 0.717) is 6.04 Å². The molecule has 1 atom stereocenters. The Balaban J connectivity index is 2.52. The molecule has 1 heterocycles. The number of ether oxygens (including phenoxy) is 1. The van der Waals surface area contributed by atoms with Crippen molar-refractivity contribution in [1.82, 2.24) is 5.32 Å². The van der Waals surface area contributed by atoms with E-state index in [9.17, 15) is 0 Å². The molecule has 0 saturated carbocycles. The van der Waals surface area contributed by atoms with Crippen LogP contribution in [-0.2, 0) is 6.42 Å². The zero-order chi connectivity index (χ0) is 10.1. The van der Waals surface area contributed by atoms with Crippen molar-refractivity contribution in [1.29, 1.82) is 0 Å². The van der Waals surface area contributed by atoms with Crippen LogP contribution in [0.25, 0.3) is 0 Å². The molecule has 0 fully saturated rings. The number of benzene rings is 1. The van der Waals surface area contributed by atoms with Crippen molar-refractivity contribution in [3.8, 4) is 5.75 Å². The minimum atomic E-state index is 0.445. The predicted octanol–water partition coefficient (Wildman–Crippen LogP) is 2.66. The molecule has 1 N–H and O–H groups in total. The van der Waals surface area contributed by atoms with Gasteiger partial charge < -0.3 is 10.1 Å². The van der Waals surface area contributed by atoms with Crippen molar-refractivity contribution in [3.63, 3.8) is 0 Å². The molecule has 1 aliphatic heterocycles. The summed E-state index contributed by atoms with van der Waals surface area (Å²) in [6, 6.07) is 4.61. The second-order valence-electron chi connectivity index (χ2n) is 3.58. The lowest BCUT2D eigenvalue weighted by atomic mass is 9.95. The van der Waals surface area contributed by atoms with Crippen LogP contribution in [0.1, 0.15) is 24.1 Å². The van der Waals surface area contributed by atoms with Crippen LogP contribution in [-0.4, -0.2) is 13.7 Å². The Morgan fingerprint density at radius 3 is 3.00 bits per heavy atom. The van der Waals surface area contributed by atoms with Gasteiger partial charge in [-0.2, -0.15) is 0 Å². The van der Waals surface area contributed by atoms with Crippen LogP contribution in [0.3, 0.4) is 0 Å². The minimum Gasteiger partial charge on any atom is -0.496 e. The normalized spacial score (nSPS) is 20.4. The van der Waals surface area contributed by atoms with E-state index in [1.54, 1.807) is 7.11 Å². The van der Waals surface area contributed by atoms with Gasteiger partial charge >= 0.3 is 0 Å². The SMILES string of the molecule is COc1ccc2c(c1Br)CCN[C@@H]2C. The van der Waals surface area contributed by atoms with Crippen molar-refractivity contribution < 1.29 is 4.74 Å². The van der Waals surface area contributed by atoms with Crippen molar-refractivity contribution in [2.24, 2.45) is 0 Å². The van der Waals surface area contributed by atoms with E-state index in [4.69, 9.17) is 4.74 Å². The summed E-state index contributed by atoms with van der Waals surface area (Å²) in [7, 11) is 1.71. The summed E-state index contributed by atoms with van der Waals surface area (Å²) in [5.41, 5.74) is 2.76. The summed E-state index contributed by atoms with van der Waals surface area (Å²) in [4.78, 5) is 0. The Bertz CT molecular complexity index is 351. The molecule has 0 bridgehead atoms. The summed E-state index contributed by atoms with van der Waals surface area (Å²) < 4.78 is 6.40. The van der Waals surface area contributed by atoms with Crippen LogP contribution in [0.4, 0.5) is 0 Å². The van der Waals surface area contributed by atoms with Crippen LogP contribution < -0.4 is 10.1 Å². The van der Waals surface area contributed by atoms with Gasteiger partial charge in [0.05, 0.1) is 11.6 Å². The Kier molecular flexibility index (Phi) is 2.79. The first-order valence-corrected chi connectivity index (χ1v) is 5.62. The Labute approximate surface area is 92.8 Å². The molecule has 3 heteroatoms. The third-order valence-corrected chi connectivity index (χ3v) is 3.63. The van der Waals surface area contributed by atoms with Crippen LogP contribution in [0.2, 0.25) is 0 Å². The lowest BCUT2D eigenvalue weighted by Crippen LogP contribution is -2.28. The Hall–Kier alpha value is -0.540. The lowest BCUT2D eigenvalue weighted by Gasteiger charge is -2.25. The van der Waals surface area contributed by atoms with Gasteiger partial charge in [0, 0.05) is 6.04 Å². The van der Waals surface area contributed by atoms with E-state index in [2.05, 4.69) is 34.2 Å². The van der Waals surface area contributed by atoms with Crippen molar-refractivity contribution in [2.45, 2.75) is 19.4 Å². The molecule has 2 rings (SSSR count). The first kappa shape index (κ1) is 9.99. The molecular weight excluding hydrogens is 242 g/mol. The van der Waals surface area contributed by atoms with Gasteiger partial charge in [0.25, 0.3) is 0 Å². The van der Waals surface area contributed by atoms with Gasteiger partial charge in [-0.15, -0.1) is 0 Å². The smallest absolute Gasteiger partial charge is 0.133 e. The van der Waals surface area contributed by atoms with E-state index in [1.165, 1.54) is 11.1 Å². The number of fused-ring (bicyclic) bond motifs is 1. The third kappa shape index (κ3) is 1.55. The monoisotopic (exact) mass is 255 g/mol. The van der Waals surface area contributed by atoms with Gasteiger partial charge in [0.2, 0.25) is 0 Å². The van der Waals surface area contributed by atoms with Crippen LogP contribution >= 0.6 is 15.9 Å². The number of nitrogens with one attached hydrogen (secondary N) is 1. The summed E-state index contributed by atoms with van der Waals surface area (Å²) in [6.45, 7) is 3.23. The van der Waals surface area contributed by atoms with Crippen LogP contribution in [0, 0.1) is 0 Å². The fourth-order valence-corrected chi connectivity index (χ4v) is 2.68. The van der Waals surface area contributed by atoms with Crippen molar-refractivity contribution >= 4 is 15.9 Å². The molecule has 1 aromatic rings. The highest BCUT2D eigenvalue weighted by Gasteiger charge is 2.19. The van der Waals surface area contributed by atoms with Gasteiger partial charge in [0.15, 0.2) is 0 Å². The van der Waals surface area contributed by atoms with Gasteiger partial charge in [-0.3, -0.25) is 0 Å². The molecule has 0 saturated heterocycles. The zero-order valence-corrected chi connectivity index (χ0v) is 10.0. The first-order chi connectivity index (χ1) is 6.74. The van der Waals surface area contributed by atoms with Crippen molar-refractivity contribution in [3.05, 3.63) is 27.7 Å². The summed E-state index contributed by atoms with van der Waals surface area (Å²) in [5.74, 6) is 0.929. The van der Waals surface area contributed by atoms with E-state index in [0.717, 1.165) is 23.2 Å². The van der Waals surface area contributed by atoms with Crippen molar-refractivity contribution in [2.75, 3.05) is 13.7 Å². The van der Waals surface area contributed by atoms with E-state index >= 15 is 0 Å². The number of hydrogen-bond acceptors (Lipinski definition) is 2. The van der Waals surface area contributed by atoms with Gasteiger partial charge in [-0.05, 0) is 53.0 Å². The quantitative estimate of drug-likeness (QED) is 0.834. The highest BCUT2D eigenvalue weighted by Crippen LogP contribution is 2.35. The van der Waals surface area contributed by atoms with Gasteiger partial charge in [0.1, 0.15) is 5.75 Å². The highest BCUT2D eigenvalue weighted by molar-refractivity contribution is 9.10. The Morgan fingerprint density at radius 2 is 2.29 bits per heavy atom. The second-order valence-corrected chi connectivity index (χ2v) is 4.37. The van der Waals surface area contributed by atoms with E-state index in [-0.39, 0.29) is 0 Å². The molecule has 0 aromatic heterocycles. The van der Waals surface area contributed by atoms with E-state index < -0.39 is 0 Å². The average molecular weight is 256 g/mol. The molecule has 1 aliphatic rings. The maximum absolute atomic E-state index is 5.28. The number of methoxy groups -OCH3 is 1. The minimum absolute atomic E-state index is 0.445. The molecular formula is C11H14BrNO. The lowest BCUT2D eigenvalue weighted by molar-refractivity contribution is 0.409. The fourth-order valence-electron chi connectivity index (χ4n) is 1.96. The molecule has 0 spiro atoms. The maximum atomic E-state index is 5.28. The molecule has 14 heavy (non-hydrogen) atoms. The zero-order valence-electron chi connectivity index (χ0n) is 8.43. The molecule has 76 valence electrons. The molecule has 0 unspecified atom stereocenters. The van der Waals surface area contributed by atoms with Crippen LogP contribution in [0.15, 0.2) is 16.6 Å². The topological polar surface area (TPSA) is 21.3 Å². The number of rotatable bonds is 1. The number of halogens is 1. The van der Waals surface area contributed by atoms with Gasteiger partial charge in [-0.1, -0.05) is 6.07 Å². The summed E-state index contributed by atoms with van der Waals surface area (Å²) in [5, 5.41) is 3.44. The molecule has 0 amide bonds. The molecule has 2 nitrogen and oxygen atoms in total. The fraction of sp³-hybridized carbons (Fsp3) is 0.455. The molecule has 0 aliphatic carbocycles. The molecule has 0 radical (unpaired) electrons. The van der Waals surface area contributed by atoms with Crippen LogP contribution in [0.5, 0.6) is 5.75 Å². The second kappa shape index (κ2) is 3.91. The summed E-state index contributed by atoms with van der Waals surface area (Å²) >= 11 is 3.60. The largest absolute Gasteiger partial charge is 0.496 e. The Morgan fingerprint density at radius 1 is 1.50 bits per heavy atom. The maximum Gasteiger partial charge on any atom is 0.133 e. The average Bonchev–Trinajstić information content (AvgIpc) is 2.20. The first-order valence-electron chi connectivity index (χ1n) is 4.82. The standard InChI is InChI=1S/C11H14BrNO/c1-7-8-3-4-10(14-2)11(12)9(8)5-6-13-7/h3-4,7,13H,5-6H2,1-2H3/t7-/m1/s1. The van der Waals surface area contributed by atoms with E-state index in [1.807, 2.05) is 6.07 Å². The number of hydrogen-bond donors (Lipinski definition) is 1. The summed E-state index contributed by atoms with van der Waals surface area (Å²) in [6.07, 6.45) is 1.07. The van der Waals surface area contributed by atoms with Gasteiger partial charge in [-0.25, -0.2) is 0 Å². The highest BCUT2D eigenvalue weighted by atomic mass is 79.9. The predicted molar refractivity (Wildman–Crippen MR) is 60.8 cm³/mol. The molecule has 1 aromatic carbocycles. The third-order valence-electron chi connectivity index (χ3n) is 2.76.